The Morgan fingerprint density at radius 2 is 1.59 bits per heavy atom. The molecule has 0 radical (unpaired) electrons. The largest absolute Gasteiger partial charge is 0.474 e. The normalized spacial score (nSPS) is 11.8. The molecule has 0 spiro atoms. The predicted molar refractivity (Wildman–Crippen MR) is 110 cm³/mol. The number of methoxy groups -OCH3 is 1. The van der Waals surface area contributed by atoms with E-state index in [-0.39, 0.29) is 0 Å². The van der Waals surface area contributed by atoms with Gasteiger partial charge in [-0.25, -0.2) is 9.59 Å². The molecule has 5 heteroatoms. The third-order valence-corrected chi connectivity index (χ3v) is 4.57. The molecule has 5 nitrogen and oxygen atoms in total. The highest BCUT2D eigenvalue weighted by atomic mass is 16.6. The van der Waals surface area contributed by atoms with E-state index in [1.165, 1.54) is 13.2 Å². The second-order valence-corrected chi connectivity index (χ2v) is 6.43. The zero-order valence-electron chi connectivity index (χ0n) is 15.7. The summed E-state index contributed by atoms with van der Waals surface area (Å²) in [5.41, 5.74) is 2.28. The Kier molecular flexibility index (Phi) is 5.12. The van der Waals surface area contributed by atoms with E-state index in [9.17, 15) is 9.59 Å². The molecule has 1 unspecified atom stereocenters. The van der Waals surface area contributed by atoms with E-state index >= 15 is 0 Å². The van der Waals surface area contributed by atoms with Gasteiger partial charge in [-0.15, -0.1) is 0 Å². The molecule has 4 rings (SSSR count). The van der Waals surface area contributed by atoms with Gasteiger partial charge in [0, 0.05) is 23.1 Å². The summed E-state index contributed by atoms with van der Waals surface area (Å²) in [4.78, 5) is 24.4. The Hall–Kier alpha value is -3.86. The fourth-order valence-corrected chi connectivity index (χ4v) is 3.20. The molecule has 0 N–H and O–H groups in total. The van der Waals surface area contributed by atoms with Crippen molar-refractivity contribution in [1.82, 2.24) is 0 Å². The van der Waals surface area contributed by atoms with Crippen molar-refractivity contribution >= 4 is 16.9 Å². The maximum absolute atomic E-state index is 12.3. The van der Waals surface area contributed by atoms with Gasteiger partial charge in [-0.3, -0.25) is 0 Å². The fraction of sp³-hybridized carbons (Fsp3) is 0.0833. The Balaban J connectivity index is 1.76. The molecule has 1 heterocycles. The molecule has 4 aromatic rings. The fourth-order valence-electron chi connectivity index (χ4n) is 3.20. The van der Waals surface area contributed by atoms with Crippen LogP contribution in [0.5, 0.6) is 5.75 Å². The second-order valence-electron chi connectivity index (χ2n) is 6.43. The molecule has 3 aromatic carbocycles. The zero-order chi connectivity index (χ0) is 20.2. The van der Waals surface area contributed by atoms with Crippen molar-refractivity contribution in [3.63, 3.8) is 0 Å². The van der Waals surface area contributed by atoms with Crippen LogP contribution in [0.2, 0.25) is 0 Å². The summed E-state index contributed by atoms with van der Waals surface area (Å²) in [5.74, 6) is -0.124. The molecule has 0 aliphatic carbocycles. The van der Waals surface area contributed by atoms with Gasteiger partial charge in [0.15, 0.2) is 0 Å². The molecule has 29 heavy (non-hydrogen) atoms. The molecule has 144 valence electrons. The number of rotatable bonds is 5. The van der Waals surface area contributed by atoms with Gasteiger partial charge in [0.25, 0.3) is 0 Å². The van der Waals surface area contributed by atoms with E-state index in [0.717, 1.165) is 16.5 Å². The molecule has 0 bridgehead atoms. The van der Waals surface area contributed by atoms with E-state index in [2.05, 4.69) is 0 Å². The first-order valence-electron chi connectivity index (χ1n) is 9.08. The van der Waals surface area contributed by atoms with Crippen molar-refractivity contribution in [3.05, 3.63) is 101 Å². The lowest BCUT2D eigenvalue weighted by Gasteiger charge is -2.17. The average molecular weight is 386 g/mol. The Morgan fingerprint density at radius 1 is 0.897 bits per heavy atom. The van der Waals surface area contributed by atoms with Gasteiger partial charge in [0.1, 0.15) is 11.3 Å². The lowest BCUT2D eigenvalue weighted by atomic mass is 10.0. The molecule has 0 aliphatic heterocycles. The quantitative estimate of drug-likeness (QED) is 0.366. The summed E-state index contributed by atoms with van der Waals surface area (Å²) in [6.45, 7) is 0. The van der Waals surface area contributed by atoms with Gasteiger partial charge in [-0.1, -0.05) is 60.7 Å². The first-order valence-corrected chi connectivity index (χ1v) is 9.08. The highest BCUT2D eigenvalue weighted by Gasteiger charge is 2.23. The maximum atomic E-state index is 12.3. The lowest BCUT2D eigenvalue weighted by Crippen LogP contribution is -2.20. The smallest absolute Gasteiger partial charge is 0.351 e. The van der Waals surface area contributed by atoms with Gasteiger partial charge in [-0.05, 0) is 23.3 Å². The minimum Gasteiger partial charge on any atom is -0.474 e. The van der Waals surface area contributed by atoms with Crippen LogP contribution in [0, 0.1) is 0 Å². The average Bonchev–Trinajstić information content (AvgIpc) is 2.77. The van der Waals surface area contributed by atoms with Crippen LogP contribution < -0.4 is 10.4 Å². The summed E-state index contributed by atoms with van der Waals surface area (Å²) < 4.78 is 16.2. The van der Waals surface area contributed by atoms with Crippen LogP contribution in [0.15, 0.2) is 94.1 Å². The summed E-state index contributed by atoms with van der Waals surface area (Å²) >= 11 is 0. The van der Waals surface area contributed by atoms with Crippen LogP contribution in [0.3, 0.4) is 0 Å². The standard InChI is InChI=1S/C24H18O5/c1-27-24(26)23(17-10-6-3-7-11-17)28-18-12-13-19-20(16-8-4-2-5-9-16)15-22(25)29-21(19)14-18/h2-15,23H,1H3. The maximum Gasteiger partial charge on any atom is 0.351 e. The van der Waals surface area contributed by atoms with Crippen LogP contribution in [0.1, 0.15) is 11.7 Å². The van der Waals surface area contributed by atoms with E-state index in [4.69, 9.17) is 13.9 Å². The number of benzene rings is 3. The number of fused-ring (bicyclic) bond motifs is 1. The van der Waals surface area contributed by atoms with Crippen LogP contribution >= 0.6 is 0 Å². The molecule has 0 fully saturated rings. The van der Waals surface area contributed by atoms with Crippen LogP contribution in [0.4, 0.5) is 0 Å². The predicted octanol–water partition coefficient (Wildman–Crippen LogP) is 4.75. The summed E-state index contributed by atoms with van der Waals surface area (Å²) in [5, 5.41) is 0.775. The molecule has 1 aromatic heterocycles. The van der Waals surface area contributed by atoms with E-state index in [1.54, 1.807) is 24.3 Å². The highest BCUT2D eigenvalue weighted by Crippen LogP contribution is 2.31. The van der Waals surface area contributed by atoms with Crippen molar-refractivity contribution in [1.29, 1.82) is 0 Å². The molecule has 1 atom stereocenters. The Bertz CT molecular complexity index is 1200. The number of carbonyl (C=O) groups excluding carboxylic acids is 1. The topological polar surface area (TPSA) is 65.7 Å². The Morgan fingerprint density at radius 3 is 2.28 bits per heavy atom. The van der Waals surface area contributed by atoms with Crippen LogP contribution in [-0.2, 0) is 9.53 Å². The molecule has 0 saturated carbocycles. The minimum atomic E-state index is -0.928. The highest BCUT2D eigenvalue weighted by molar-refractivity contribution is 5.93. The first kappa shape index (κ1) is 18.5. The lowest BCUT2D eigenvalue weighted by molar-refractivity contribution is -0.149. The van der Waals surface area contributed by atoms with Crippen molar-refractivity contribution in [2.24, 2.45) is 0 Å². The molecule has 0 aliphatic rings. The number of hydrogen-bond donors (Lipinski definition) is 0. The first-order chi connectivity index (χ1) is 14.2. The third kappa shape index (κ3) is 3.89. The monoisotopic (exact) mass is 386 g/mol. The van der Waals surface area contributed by atoms with E-state index in [0.29, 0.717) is 16.9 Å². The summed E-state index contributed by atoms with van der Waals surface area (Å²) in [6.07, 6.45) is -0.928. The molecule has 0 saturated heterocycles. The van der Waals surface area contributed by atoms with Crippen LogP contribution in [0.25, 0.3) is 22.1 Å². The van der Waals surface area contributed by atoms with Crippen LogP contribution in [-0.4, -0.2) is 13.1 Å². The number of ether oxygens (including phenoxy) is 2. The molecular weight excluding hydrogens is 368 g/mol. The number of hydrogen-bond acceptors (Lipinski definition) is 5. The molecular formula is C24H18O5. The van der Waals surface area contributed by atoms with Gasteiger partial charge < -0.3 is 13.9 Å². The zero-order valence-corrected chi connectivity index (χ0v) is 15.7. The van der Waals surface area contributed by atoms with Crippen molar-refractivity contribution in [2.45, 2.75) is 6.10 Å². The molecule has 0 amide bonds. The number of esters is 1. The van der Waals surface area contributed by atoms with E-state index < -0.39 is 17.7 Å². The number of carbonyl (C=O) groups is 1. The van der Waals surface area contributed by atoms with Crippen molar-refractivity contribution < 1.29 is 18.7 Å². The van der Waals surface area contributed by atoms with Gasteiger partial charge in [-0.2, -0.15) is 0 Å². The van der Waals surface area contributed by atoms with Gasteiger partial charge in [0.2, 0.25) is 6.10 Å². The van der Waals surface area contributed by atoms with Crippen molar-refractivity contribution in [2.75, 3.05) is 7.11 Å². The third-order valence-electron chi connectivity index (χ3n) is 4.57. The summed E-state index contributed by atoms with van der Waals surface area (Å²) in [7, 11) is 1.31. The van der Waals surface area contributed by atoms with Gasteiger partial charge >= 0.3 is 11.6 Å². The Labute approximate surface area is 167 Å². The van der Waals surface area contributed by atoms with Crippen molar-refractivity contribution in [3.8, 4) is 16.9 Å². The second kappa shape index (κ2) is 8.02. The minimum absolute atomic E-state index is 0.380. The SMILES string of the molecule is COC(=O)C(Oc1ccc2c(-c3ccccc3)cc(=O)oc2c1)c1ccccc1. The van der Waals surface area contributed by atoms with Gasteiger partial charge in [0.05, 0.1) is 7.11 Å². The summed E-state index contributed by atoms with van der Waals surface area (Å²) in [6, 6.07) is 25.3. The van der Waals surface area contributed by atoms with E-state index in [1.807, 2.05) is 54.6 Å².